The number of fused-ring (bicyclic) bond motifs is 1. The van der Waals surface area contributed by atoms with Crippen LogP contribution in [-0.4, -0.2) is 256 Å². The number of hydrogen-bond acceptors (Lipinski definition) is 21. The van der Waals surface area contributed by atoms with E-state index < -0.39 is 206 Å². The minimum absolute atomic E-state index is 0.00573. The highest BCUT2D eigenvalue weighted by molar-refractivity contribution is 6.07. The summed E-state index contributed by atoms with van der Waals surface area (Å²) in [6, 6.07) is -13.4. The van der Waals surface area contributed by atoms with Crippen molar-refractivity contribution in [1.82, 2.24) is 41.3 Å². The Morgan fingerprint density at radius 2 is 1.42 bits per heavy atom. The van der Waals surface area contributed by atoms with E-state index in [2.05, 4.69) is 34.7 Å². The number of unbranched alkanes of at least 4 members (excludes halogenated alkanes) is 7. The van der Waals surface area contributed by atoms with Crippen molar-refractivity contribution in [3.8, 4) is 0 Å². The van der Waals surface area contributed by atoms with Gasteiger partial charge < -0.3 is 110 Å². The van der Waals surface area contributed by atoms with Gasteiger partial charge in [0.15, 0.2) is 24.1 Å². The number of likely N-dealkylation sites (tertiary alicyclic amines) is 1. The molecule has 15 unspecified atom stereocenters. The van der Waals surface area contributed by atoms with Crippen LogP contribution < -0.4 is 49.5 Å². The molecule has 0 aromatic rings. The number of carboxylic acid groups (broad SMARTS) is 4. The molecule has 3 fully saturated rings. The van der Waals surface area contributed by atoms with Crippen LogP contribution in [0, 0.1) is 23.2 Å². The maximum absolute atomic E-state index is 15.3. The van der Waals surface area contributed by atoms with E-state index in [-0.39, 0.29) is 24.8 Å². The molecule has 36 nitrogen and oxygen atoms in total. The average Bonchev–Trinajstić information content (AvgIpc) is 1.53. The Morgan fingerprint density at radius 1 is 0.806 bits per heavy atom. The monoisotopic (exact) mass is 1320 g/mol. The van der Waals surface area contributed by atoms with Crippen molar-refractivity contribution in [3.63, 3.8) is 0 Å². The normalized spacial score (nSPS) is 21.1. The fraction of sp³-hybridized carbons (Fsp3) is 0.684. The Hall–Kier alpha value is -8.42. The molecular weight excluding hydrogens is 1230 g/mol. The van der Waals surface area contributed by atoms with Crippen LogP contribution in [0.3, 0.4) is 0 Å². The van der Waals surface area contributed by atoms with Gasteiger partial charge in [0.25, 0.3) is 11.8 Å². The van der Waals surface area contributed by atoms with E-state index in [4.69, 9.17) is 33.1 Å². The molecule has 3 aliphatic rings. The molecule has 0 radical (unpaired) electrons. The number of piperidine rings is 1. The highest BCUT2D eigenvalue weighted by atomic mass is 16.5. The number of aliphatic hydroxyl groups is 5. The SMILES string of the molecule is CCCCCCC=CCCCCCC1CC1C=CC(O)C(=O)NC(C(=O)N(C)C(CC(=O)O)C(=O)N(COC(C)(CC)C(NC(=O)C(NC(=O)C(N)CC(=O)O)C(O)C(O)CN=C(N)N)C(=O)NCC(=O)NC(CO)C(=O)O)C12CC1CN(C(=N)N)C2=O)C(O)C(=O)O. The van der Waals surface area contributed by atoms with Crippen molar-refractivity contribution in [2.75, 3.05) is 40.0 Å². The lowest BCUT2D eigenvalue weighted by atomic mass is 9.91. The topological polar surface area (TPSA) is 606 Å². The van der Waals surface area contributed by atoms with Gasteiger partial charge >= 0.3 is 23.9 Å². The number of nitrogens with one attached hydrogen (secondary N) is 6. The number of carbonyl (C=O) groups excluding carboxylic acids is 8. The number of rotatable bonds is 44. The van der Waals surface area contributed by atoms with E-state index in [1.165, 1.54) is 32.6 Å². The molecule has 15 atom stereocenters. The third-order valence-electron chi connectivity index (χ3n) is 16.5. The molecule has 2 saturated carbocycles. The summed E-state index contributed by atoms with van der Waals surface area (Å²) in [5, 5.41) is 111. The molecule has 93 heavy (non-hydrogen) atoms. The largest absolute Gasteiger partial charge is 0.481 e. The average molecular weight is 1330 g/mol. The first-order chi connectivity index (χ1) is 43.6. The van der Waals surface area contributed by atoms with Crippen LogP contribution in [0.1, 0.15) is 117 Å². The Kier molecular flexibility index (Phi) is 31.1. The van der Waals surface area contributed by atoms with Crippen molar-refractivity contribution in [2.45, 2.75) is 189 Å². The fourth-order valence-electron chi connectivity index (χ4n) is 10.5. The summed E-state index contributed by atoms with van der Waals surface area (Å²) < 4.78 is 6.30. The van der Waals surface area contributed by atoms with Crippen molar-refractivity contribution in [2.24, 2.45) is 45.7 Å². The summed E-state index contributed by atoms with van der Waals surface area (Å²) in [6.07, 6.45) is 5.92. The summed E-state index contributed by atoms with van der Waals surface area (Å²) in [4.78, 5) is 166. The van der Waals surface area contributed by atoms with Gasteiger partial charge in [0.05, 0.1) is 44.2 Å². The highest BCUT2D eigenvalue weighted by Gasteiger charge is 2.72. The number of likely N-dealkylation sites (N-methyl/N-ethyl adjacent to an activating group) is 1. The first-order valence-corrected chi connectivity index (χ1v) is 30.4. The lowest BCUT2D eigenvalue weighted by Gasteiger charge is -2.41. The summed E-state index contributed by atoms with van der Waals surface area (Å²) in [5.74, 6) is -20.7. The number of aliphatic carboxylic acids is 4. The second kappa shape index (κ2) is 36.7. The van der Waals surface area contributed by atoms with Crippen molar-refractivity contribution in [3.05, 3.63) is 24.3 Å². The number of aliphatic hydroxyl groups excluding tert-OH is 5. The number of carboxylic acids is 4. The molecule has 0 bridgehead atoms. The van der Waals surface area contributed by atoms with Crippen molar-refractivity contribution < 1.29 is 108 Å². The first kappa shape index (κ1) is 78.8. The molecule has 3 rings (SSSR count). The summed E-state index contributed by atoms with van der Waals surface area (Å²) in [7, 11) is 0.782. The molecule has 1 aliphatic heterocycles. The molecule has 522 valence electrons. The lowest BCUT2D eigenvalue weighted by Crippen LogP contribution is -2.67. The molecule has 0 aromatic carbocycles. The quantitative estimate of drug-likeness (QED) is 0.00888. The number of carbonyl (C=O) groups is 12. The maximum Gasteiger partial charge on any atom is 0.335 e. The van der Waals surface area contributed by atoms with Gasteiger partial charge in [0, 0.05) is 19.5 Å². The van der Waals surface area contributed by atoms with E-state index in [0.29, 0.717) is 9.80 Å². The van der Waals surface area contributed by atoms with Crippen LogP contribution in [0.25, 0.3) is 0 Å². The van der Waals surface area contributed by atoms with Crippen LogP contribution in [0.2, 0.25) is 0 Å². The zero-order valence-corrected chi connectivity index (χ0v) is 52.4. The number of aliphatic imine (C=N–C) groups is 1. The minimum atomic E-state index is -2.82. The van der Waals surface area contributed by atoms with Crippen LogP contribution in [0.5, 0.6) is 0 Å². The molecule has 8 amide bonds. The predicted octanol–water partition coefficient (Wildman–Crippen LogP) is -5.84. The van der Waals surface area contributed by atoms with E-state index in [1.54, 1.807) is 6.08 Å². The summed E-state index contributed by atoms with van der Waals surface area (Å²) in [5.41, 5.74) is 17.7. The number of allylic oxidation sites excluding steroid dienone is 3. The number of hydrogen-bond donors (Lipinski definition) is 19. The molecule has 1 heterocycles. The van der Waals surface area contributed by atoms with Crippen LogP contribution >= 0.6 is 0 Å². The van der Waals surface area contributed by atoms with Gasteiger partial charge in [-0.2, -0.15) is 0 Å². The van der Waals surface area contributed by atoms with E-state index in [1.807, 2.05) is 16.0 Å². The van der Waals surface area contributed by atoms with E-state index in [9.17, 15) is 98.7 Å². The lowest BCUT2D eigenvalue weighted by molar-refractivity contribution is -0.171. The van der Waals surface area contributed by atoms with Crippen molar-refractivity contribution >= 4 is 83.1 Å². The smallest absolute Gasteiger partial charge is 0.335 e. The molecule has 1 saturated heterocycles. The highest BCUT2D eigenvalue weighted by Crippen LogP contribution is 2.55. The first-order valence-electron chi connectivity index (χ1n) is 30.4. The summed E-state index contributed by atoms with van der Waals surface area (Å²) >= 11 is 0. The van der Waals surface area contributed by atoms with Gasteiger partial charge in [-0.1, -0.05) is 70.3 Å². The molecular formula is C57H92N14O22. The van der Waals surface area contributed by atoms with Crippen LogP contribution in [0.4, 0.5) is 0 Å². The molecule has 23 N–H and O–H groups in total. The number of amides is 8. The van der Waals surface area contributed by atoms with Crippen LogP contribution in [-0.2, 0) is 62.3 Å². The second-order valence-corrected chi connectivity index (χ2v) is 23.4. The second-order valence-electron chi connectivity index (χ2n) is 23.4. The van der Waals surface area contributed by atoms with Gasteiger partial charge in [0.1, 0.15) is 54.7 Å². The van der Waals surface area contributed by atoms with Crippen LogP contribution in [0.15, 0.2) is 29.3 Å². The van der Waals surface area contributed by atoms with Gasteiger partial charge in [-0.25, -0.2) is 9.59 Å². The van der Waals surface area contributed by atoms with Crippen molar-refractivity contribution in [1.29, 1.82) is 5.41 Å². The molecule has 36 heteroatoms. The Balaban J connectivity index is 2.07. The molecule has 2 aliphatic carbocycles. The van der Waals surface area contributed by atoms with E-state index in [0.717, 1.165) is 69.9 Å². The zero-order valence-electron chi connectivity index (χ0n) is 52.4. The Labute approximate surface area is 535 Å². The minimum Gasteiger partial charge on any atom is -0.481 e. The number of nitrogens with two attached hydrogens (primary N) is 4. The van der Waals surface area contributed by atoms with Gasteiger partial charge in [-0.05, 0) is 70.1 Å². The Morgan fingerprint density at radius 3 is 1.96 bits per heavy atom. The standard InChI is InChI=1S/C57H92N14O22/c1-5-7-8-9-10-11-12-13-14-15-16-17-29-20-30(29)18-19-35(73)46(83)67-41(43(81)52(90)91)50(87)69(4)34(22-39(78)79)49(86)71(57-23-31(57)26-70(53(57)92)55(61)62)28-93-56(3,6-2)44(48(85)63-25-37(75)65-33(27-72)51(88)89)68-47(84)40(42(80)36(74)24-64-54(59)60)66-45(82)32(58)21-38(76)77/h11-12,18-19,29-36,40-44,72-74,80-81H,5-10,13-17,20-28,58H2,1-4H3,(H3,61,62)(H,63,85)(H,65,75)(H,66,82)(H,67,83)(H,68,84)(H,76,77)(H,78,79)(H,88,89)(H,90,91)(H4,59,60,64). The van der Waals surface area contributed by atoms with Gasteiger partial charge in [0.2, 0.25) is 35.4 Å². The third kappa shape index (κ3) is 23.0. The van der Waals surface area contributed by atoms with Gasteiger partial charge in [-0.3, -0.25) is 63.2 Å². The zero-order chi connectivity index (χ0) is 70.2. The number of ether oxygens (including phenoxy) is 1. The molecule has 0 aromatic heterocycles. The summed E-state index contributed by atoms with van der Waals surface area (Å²) in [6.45, 7) is -0.179. The third-order valence-corrected chi connectivity index (χ3v) is 16.5. The van der Waals surface area contributed by atoms with E-state index >= 15 is 4.79 Å². The fourth-order valence-corrected chi connectivity index (χ4v) is 10.5. The Bertz CT molecular complexity index is 2790. The predicted molar refractivity (Wildman–Crippen MR) is 325 cm³/mol. The molecule has 0 spiro atoms. The number of nitrogens with zero attached hydrogens (tertiary/aromatic N) is 4. The number of guanidine groups is 2. The van der Waals surface area contributed by atoms with Gasteiger partial charge in [-0.15, -0.1) is 0 Å². The maximum atomic E-state index is 15.3.